The van der Waals surface area contributed by atoms with E-state index in [1.807, 2.05) is 55.5 Å². The second-order valence-electron chi connectivity index (χ2n) is 5.38. The van der Waals surface area contributed by atoms with Gasteiger partial charge in [-0.15, -0.1) is 0 Å². The largest absolute Gasteiger partial charge is 0.493 e. The summed E-state index contributed by atoms with van der Waals surface area (Å²) in [5.74, 6) is 0.464. The normalized spacial score (nSPS) is 11.8. The van der Waals surface area contributed by atoms with Crippen molar-refractivity contribution in [2.45, 2.75) is 25.9 Å². The molecule has 2 rings (SSSR count). The van der Waals surface area contributed by atoms with E-state index in [9.17, 15) is 9.90 Å². The average molecular weight is 329 g/mol. The molecule has 1 atom stereocenters. The van der Waals surface area contributed by atoms with Gasteiger partial charge in [-0.25, -0.2) is 0 Å². The van der Waals surface area contributed by atoms with E-state index in [1.165, 1.54) is 0 Å². The van der Waals surface area contributed by atoms with Crippen LogP contribution in [0.4, 0.5) is 0 Å². The molecule has 0 saturated heterocycles. The highest BCUT2D eigenvalue weighted by Gasteiger charge is 2.17. The second-order valence-corrected chi connectivity index (χ2v) is 5.38. The third kappa shape index (κ3) is 4.99. The van der Waals surface area contributed by atoms with Crippen molar-refractivity contribution in [3.63, 3.8) is 0 Å². The van der Waals surface area contributed by atoms with Crippen LogP contribution in [0.2, 0.25) is 0 Å². The average Bonchev–Trinajstić information content (AvgIpc) is 2.59. The lowest BCUT2D eigenvalue weighted by molar-refractivity contribution is -0.139. The fraction of sp³-hybridized carbons (Fsp3) is 0.316. The third-order valence-electron chi connectivity index (χ3n) is 3.66. The molecule has 0 radical (unpaired) electrons. The van der Waals surface area contributed by atoms with Crippen molar-refractivity contribution in [3.05, 3.63) is 59.7 Å². The minimum absolute atomic E-state index is 0.435. The molecule has 0 aliphatic heterocycles. The molecule has 0 unspecified atom stereocenters. The highest BCUT2D eigenvalue weighted by Crippen LogP contribution is 2.28. The van der Waals surface area contributed by atoms with Gasteiger partial charge in [0.05, 0.1) is 13.7 Å². The Hall–Kier alpha value is -2.53. The summed E-state index contributed by atoms with van der Waals surface area (Å²) in [6.07, 6.45) is 0.435. The fourth-order valence-corrected chi connectivity index (χ4v) is 2.44. The van der Waals surface area contributed by atoms with Gasteiger partial charge in [-0.1, -0.05) is 36.4 Å². The predicted octanol–water partition coefficient (Wildman–Crippen LogP) is 2.88. The van der Waals surface area contributed by atoms with Crippen molar-refractivity contribution in [2.24, 2.45) is 0 Å². The summed E-state index contributed by atoms with van der Waals surface area (Å²) in [5, 5.41) is 12.5. The molecular formula is C19H23NO4. The quantitative estimate of drug-likeness (QED) is 0.740. The van der Waals surface area contributed by atoms with Crippen LogP contribution in [0.1, 0.15) is 18.1 Å². The molecule has 2 aromatic carbocycles. The highest BCUT2D eigenvalue weighted by atomic mass is 16.5. The monoisotopic (exact) mass is 329 g/mol. The number of carbonyl (C=O) groups is 1. The number of rotatable bonds is 9. The van der Waals surface area contributed by atoms with Crippen LogP contribution < -0.4 is 14.8 Å². The summed E-state index contributed by atoms with van der Waals surface area (Å²) in [6, 6.07) is 14.5. The number of carboxylic acid groups (broad SMARTS) is 1. The molecule has 2 aromatic rings. The Morgan fingerprint density at radius 1 is 1.12 bits per heavy atom. The predicted molar refractivity (Wildman–Crippen MR) is 92.6 cm³/mol. The summed E-state index contributed by atoms with van der Waals surface area (Å²) in [4.78, 5) is 11.5. The number of hydrogen-bond donors (Lipinski definition) is 2. The van der Waals surface area contributed by atoms with Crippen LogP contribution in [0.25, 0.3) is 0 Å². The van der Waals surface area contributed by atoms with Crippen molar-refractivity contribution >= 4 is 5.97 Å². The topological polar surface area (TPSA) is 67.8 Å². The Labute approximate surface area is 142 Å². The summed E-state index contributed by atoms with van der Waals surface area (Å²) in [7, 11) is 1.59. The van der Waals surface area contributed by atoms with E-state index in [-0.39, 0.29) is 0 Å². The van der Waals surface area contributed by atoms with Gasteiger partial charge in [-0.2, -0.15) is 0 Å². The first-order chi connectivity index (χ1) is 11.6. The second kappa shape index (κ2) is 8.93. The number of benzene rings is 2. The van der Waals surface area contributed by atoms with Gasteiger partial charge in [0, 0.05) is 6.54 Å². The molecule has 2 N–H and O–H groups in total. The Kier molecular flexibility index (Phi) is 6.63. The number of carboxylic acids is 1. The molecular weight excluding hydrogens is 306 g/mol. The van der Waals surface area contributed by atoms with Gasteiger partial charge in [0.1, 0.15) is 6.04 Å². The lowest BCUT2D eigenvalue weighted by atomic mass is 10.1. The van der Waals surface area contributed by atoms with Gasteiger partial charge < -0.3 is 19.9 Å². The molecule has 5 nitrogen and oxygen atoms in total. The molecule has 0 spiro atoms. The number of ether oxygens (including phenoxy) is 2. The first-order valence-corrected chi connectivity index (χ1v) is 7.93. The van der Waals surface area contributed by atoms with Gasteiger partial charge in [0.25, 0.3) is 0 Å². The molecule has 0 amide bonds. The Balaban J connectivity index is 2.03. The minimum atomic E-state index is -0.864. The highest BCUT2D eigenvalue weighted by molar-refractivity contribution is 5.73. The number of nitrogens with one attached hydrogen (secondary N) is 1. The molecule has 0 aliphatic rings. The zero-order valence-electron chi connectivity index (χ0n) is 14.0. The zero-order chi connectivity index (χ0) is 17.4. The van der Waals surface area contributed by atoms with Crippen LogP contribution >= 0.6 is 0 Å². The summed E-state index contributed by atoms with van der Waals surface area (Å²) in [5.41, 5.74) is 1.93. The van der Waals surface area contributed by atoms with E-state index in [1.54, 1.807) is 7.11 Å². The van der Waals surface area contributed by atoms with E-state index in [0.29, 0.717) is 31.1 Å². The molecule has 0 fully saturated rings. The van der Waals surface area contributed by atoms with Gasteiger partial charge in [0.15, 0.2) is 11.5 Å². The van der Waals surface area contributed by atoms with Crippen molar-refractivity contribution in [2.75, 3.05) is 13.7 Å². The SMILES string of the molecule is CCOc1cc(CN[C@@H](Cc2ccccc2)C(=O)O)ccc1OC. The van der Waals surface area contributed by atoms with Crippen LogP contribution in [0.15, 0.2) is 48.5 Å². The van der Waals surface area contributed by atoms with E-state index in [0.717, 1.165) is 11.1 Å². The maximum Gasteiger partial charge on any atom is 0.321 e. The molecule has 24 heavy (non-hydrogen) atoms. The third-order valence-corrected chi connectivity index (χ3v) is 3.66. The van der Waals surface area contributed by atoms with Crippen LogP contribution in [0.3, 0.4) is 0 Å². The van der Waals surface area contributed by atoms with Crippen LogP contribution in [-0.4, -0.2) is 30.8 Å². The van der Waals surface area contributed by atoms with Gasteiger partial charge in [0.2, 0.25) is 0 Å². The van der Waals surface area contributed by atoms with Crippen LogP contribution in [-0.2, 0) is 17.8 Å². The summed E-state index contributed by atoms with van der Waals surface area (Å²) >= 11 is 0. The van der Waals surface area contributed by atoms with E-state index < -0.39 is 12.0 Å². The molecule has 0 heterocycles. The van der Waals surface area contributed by atoms with Crippen LogP contribution in [0.5, 0.6) is 11.5 Å². The van der Waals surface area contributed by atoms with E-state index in [4.69, 9.17) is 9.47 Å². The Morgan fingerprint density at radius 2 is 1.88 bits per heavy atom. The van der Waals surface area contributed by atoms with E-state index >= 15 is 0 Å². The lowest BCUT2D eigenvalue weighted by Gasteiger charge is -2.16. The van der Waals surface area contributed by atoms with Gasteiger partial charge >= 0.3 is 5.97 Å². The molecule has 0 aliphatic carbocycles. The number of methoxy groups -OCH3 is 1. The van der Waals surface area contributed by atoms with Crippen molar-refractivity contribution in [1.29, 1.82) is 0 Å². The molecule has 0 saturated carbocycles. The first-order valence-electron chi connectivity index (χ1n) is 7.93. The minimum Gasteiger partial charge on any atom is -0.493 e. The van der Waals surface area contributed by atoms with Crippen molar-refractivity contribution < 1.29 is 19.4 Å². The molecule has 0 aromatic heterocycles. The Morgan fingerprint density at radius 3 is 2.50 bits per heavy atom. The molecule has 128 valence electrons. The maximum atomic E-state index is 11.5. The van der Waals surface area contributed by atoms with Gasteiger partial charge in [-0.3, -0.25) is 4.79 Å². The molecule has 0 bridgehead atoms. The van der Waals surface area contributed by atoms with Gasteiger partial charge in [-0.05, 0) is 36.6 Å². The van der Waals surface area contributed by atoms with Crippen molar-refractivity contribution in [3.8, 4) is 11.5 Å². The summed E-state index contributed by atoms with van der Waals surface area (Å²) < 4.78 is 10.8. The van der Waals surface area contributed by atoms with E-state index in [2.05, 4.69) is 5.32 Å². The van der Waals surface area contributed by atoms with Crippen molar-refractivity contribution in [1.82, 2.24) is 5.32 Å². The summed E-state index contributed by atoms with van der Waals surface area (Å²) in [6.45, 7) is 2.89. The molecule has 5 heteroatoms. The lowest BCUT2D eigenvalue weighted by Crippen LogP contribution is -2.38. The maximum absolute atomic E-state index is 11.5. The number of aliphatic carboxylic acids is 1. The fourth-order valence-electron chi connectivity index (χ4n) is 2.44. The Bertz CT molecular complexity index is 658. The first kappa shape index (κ1) is 17.8. The standard InChI is InChI=1S/C19H23NO4/c1-3-24-18-12-15(9-10-17(18)23-2)13-20-16(19(21)22)11-14-7-5-4-6-8-14/h4-10,12,16,20H,3,11,13H2,1-2H3,(H,21,22)/t16-/m0/s1. The smallest absolute Gasteiger partial charge is 0.321 e. The van der Waals surface area contributed by atoms with Crippen LogP contribution in [0, 0.1) is 0 Å². The zero-order valence-corrected chi connectivity index (χ0v) is 14.0. The number of hydrogen-bond acceptors (Lipinski definition) is 4.